The number of benzene rings is 2. The van der Waals surface area contributed by atoms with E-state index in [1.54, 1.807) is 11.1 Å². The molecule has 1 saturated carbocycles. The molecule has 314 valence electrons. The summed E-state index contributed by atoms with van der Waals surface area (Å²) in [4.78, 5) is 51.5. The molecule has 0 spiro atoms. The quantitative estimate of drug-likeness (QED) is 0.104. The average Bonchev–Trinajstić information content (AvgIpc) is 3.72. The number of aromatic amines is 1. The number of carbonyl (C=O) groups excluding carboxylic acids is 3. The fourth-order valence-electron chi connectivity index (χ4n) is 8.28. The lowest BCUT2D eigenvalue weighted by Crippen LogP contribution is -2.55. The number of ether oxygens (including phenoxy) is 1. The fraction of sp³-hybridized carbons (Fsp3) is 0.628. The van der Waals surface area contributed by atoms with Gasteiger partial charge in [-0.1, -0.05) is 95.3 Å². The number of H-pyrrole nitrogens is 1. The molecule has 5 N–H and O–H groups in total. The molecule has 1 aliphatic heterocycles. The van der Waals surface area contributed by atoms with Gasteiger partial charge in [-0.3, -0.25) is 14.4 Å². The van der Waals surface area contributed by atoms with Crippen LogP contribution in [0.25, 0.3) is 10.8 Å². The van der Waals surface area contributed by atoms with Gasteiger partial charge >= 0.3 is 0 Å². The number of aromatic nitrogens is 2. The Morgan fingerprint density at radius 1 is 0.982 bits per heavy atom. The molecule has 2 aromatic carbocycles. The van der Waals surface area contributed by atoms with Crippen LogP contribution >= 0.6 is 0 Å². The van der Waals surface area contributed by atoms with Crippen LogP contribution in [-0.4, -0.2) is 103 Å². The van der Waals surface area contributed by atoms with E-state index in [-0.39, 0.29) is 49.3 Å². The molecule has 1 saturated heterocycles. The summed E-state index contributed by atoms with van der Waals surface area (Å²) in [5, 5.41) is 20.1. The van der Waals surface area contributed by atoms with E-state index in [1.807, 2.05) is 63.2 Å². The highest BCUT2D eigenvalue weighted by atomic mass is 32.2. The first-order valence-corrected chi connectivity index (χ1v) is 22.6. The minimum Gasteiger partial charge on any atom is -0.391 e. The molecule has 3 amide bonds. The number of imidazole rings is 1. The number of hydrogen-bond donors (Lipinski definition) is 5. The van der Waals surface area contributed by atoms with E-state index >= 15 is 0 Å². The summed E-state index contributed by atoms with van der Waals surface area (Å²) < 4.78 is 33.3. The van der Waals surface area contributed by atoms with E-state index in [4.69, 9.17) is 4.74 Å². The van der Waals surface area contributed by atoms with Gasteiger partial charge in [-0.2, -0.15) is 0 Å². The number of amides is 3. The van der Waals surface area contributed by atoms with Crippen LogP contribution in [-0.2, 0) is 42.0 Å². The van der Waals surface area contributed by atoms with Crippen molar-refractivity contribution in [2.24, 2.45) is 23.7 Å². The van der Waals surface area contributed by atoms with Gasteiger partial charge in [0.1, 0.15) is 6.04 Å². The van der Waals surface area contributed by atoms with Crippen molar-refractivity contribution in [3.63, 3.8) is 0 Å². The molecule has 57 heavy (non-hydrogen) atoms. The Morgan fingerprint density at radius 3 is 2.42 bits per heavy atom. The first-order valence-electron chi connectivity index (χ1n) is 21.0. The van der Waals surface area contributed by atoms with Crippen molar-refractivity contribution >= 4 is 38.5 Å². The molecule has 5 atom stereocenters. The van der Waals surface area contributed by atoms with Crippen LogP contribution in [0, 0.1) is 23.7 Å². The largest absolute Gasteiger partial charge is 0.391 e. The summed E-state index contributed by atoms with van der Waals surface area (Å²) in [7, 11) is -3.44. The van der Waals surface area contributed by atoms with E-state index in [9.17, 15) is 27.9 Å². The van der Waals surface area contributed by atoms with Gasteiger partial charge in [0.2, 0.25) is 27.7 Å². The summed E-state index contributed by atoms with van der Waals surface area (Å²) in [6.07, 6.45) is 9.29. The molecule has 2 heterocycles. The van der Waals surface area contributed by atoms with Crippen LogP contribution in [0.2, 0.25) is 0 Å². The molecule has 13 nitrogen and oxygen atoms in total. The first kappa shape index (κ1) is 44.3. The fourth-order valence-corrected chi connectivity index (χ4v) is 9.43. The van der Waals surface area contributed by atoms with E-state index in [2.05, 4.69) is 25.3 Å². The second-order valence-electron chi connectivity index (χ2n) is 16.4. The second-order valence-corrected chi connectivity index (χ2v) is 18.3. The zero-order chi connectivity index (χ0) is 40.8. The molecule has 0 bridgehead atoms. The van der Waals surface area contributed by atoms with Gasteiger partial charge in [0.15, 0.2) is 0 Å². The highest BCUT2D eigenvalue weighted by Gasteiger charge is 2.34. The summed E-state index contributed by atoms with van der Waals surface area (Å²) in [5.74, 6) is -1.50. The maximum atomic E-state index is 14.5. The summed E-state index contributed by atoms with van der Waals surface area (Å²) in [6.45, 7) is 7.83. The third-order valence-corrected chi connectivity index (χ3v) is 13.3. The summed E-state index contributed by atoms with van der Waals surface area (Å²) >= 11 is 0. The lowest BCUT2D eigenvalue weighted by atomic mass is 9.81. The van der Waals surface area contributed by atoms with Crippen LogP contribution in [0.1, 0.15) is 89.8 Å². The third-order valence-electron chi connectivity index (χ3n) is 11.7. The number of rotatable bonds is 21. The lowest BCUT2D eigenvalue weighted by Gasteiger charge is -2.34. The van der Waals surface area contributed by atoms with Crippen molar-refractivity contribution in [1.82, 2.24) is 30.2 Å². The van der Waals surface area contributed by atoms with Crippen molar-refractivity contribution < 1.29 is 32.6 Å². The number of carbonyl (C=O) groups is 3. The van der Waals surface area contributed by atoms with Crippen LogP contribution < -0.4 is 15.4 Å². The Balaban J connectivity index is 1.38. The van der Waals surface area contributed by atoms with Gasteiger partial charge in [0.05, 0.1) is 43.4 Å². The molecule has 5 rings (SSSR count). The smallest absolute Gasteiger partial charge is 0.243 e. The van der Waals surface area contributed by atoms with Crippen molar-refractivity contribution in [3.05, 3.63) is 66.2 Å². The monoisotopic (exact) mass is 808 g/mol. The zero-order valence-electron chi connectivity index (χ0n) is 34.0. The first-order chi connectivity index (χ1) is 27.4. The van der Waals surface area contributed by atoms with Gasteiger partial charge in [0.25, 0.3) is 0 Å². The van der Waals surface area contributed by atoms with E-state index < -0.39 is 45.9 Å². The number of fused-ring (bicyclic) bond motifs is 1. The van der Waals surface area contributed by atoms with Crippen LogP contribution in [0.5, 0.6) is 0 Å². The maximum Gasteiger partial charge on any atom is 0.243 e. The summed E-state index contributed by atoms with van der Waals surface area (Å²) in [6, 6.07) is 12.2. The number of nitrogens with zero attached hydrogens (tertiary/aromatic N) is 2. The minimum absolute atomic E-state index is 0.0327. The van der Waals surface area contributed by atoms with Crippen molar-refractivity contribution in [3.8, 4) is 0 Å². The molecule has 2 fully saturated rings. The van der Waals surface area contributed by atoms with Crippen LogP contribution in [0.3, 0.4) is 0 Å². The van der Waals surface area contributed by atoms with E-state index in [0.717, 1.165) is 48.4 Å². The number of sulfonamides is 1. The van der Waals surface area contributed by atoms with E-state index in [0.29, 0.717) is 57.2 Å². The van der Waals surface area contributed by atoms with Gasteiger partial charge in [-0.15, -0.1) is 0 Å². The van der Waals surface area contributed by atoms with Gasteiger partial charge in [-0.25, -0.2) is 18.1 Å². The number of nitrogens with one attached hydrogen (secondary N) is 4. The molecular weight excluding hydrogens is 745 g/mol. The standard InChI is InChI=1S/C43H64N6O7S/c1-4-21-57(54,55)46-27-35(30(2)3)24-40(50)38(22-31-11-6-5-7-12-31)47-43(53)39(26-36-28-44-29-45-36)48-42(52)34(25-41(51)49-17-19-56-20-18-49)23-33-15-10-14-32-13-8-9-16-37(32)33/h8-10,13-16,28-31,34-35,38-40,46,50H,4-7,11-12,17-27H2,1-3H3,(H,44,45)(H,47,53)(H,48,52)/t34?,35-,38+,39+,40+/m1/s1. The molecule has 3 aromatic rings. The number of hydrogen-bond acceptors (Lipinski definition) is 8. The Kier molecular flexibility index (Phi) is 16.9. The Hall–Kier alpha value is -3.85. The minimum atomic E-state index is -3.44. The number of aliphatic hydroxyl groups is 1. The molecule has 1 aromatic heterocycles. The topological polar surface area (TPSA) is 183 Å². The average molecular weight is 809 g/mol. The van der Waals surface area contributed by atoms with Crippen molar-refractivity contribution in [2.45, 2.75) is 110 Å². The Morgan fingerprint density at radius 2 is 1.72 bits per heavy atom. The highest BCUT2D eigenvalue weighted by Crippen LogP contribution is 2.30. The Bertz CT molecular complexity index is 1820. The van der Waals surface area contributed by atoms with Gasteiger partial charge in [-0.05, 0) is 59.8 Å². The predicted octanol–water partition coefficient (Wildman–Crippen LogP) is 4.51. The predicted molar refractivity (Wildman–Crippen MR) is 222 cm³/mol. The van der Waals surface area contributed by atoms with Gasteiger partial charge < -0.3 is 30.4 Å². The maximum absolute atomic E-state index is 14.5. The zero-order valence-corrected chi connectivity index (χ0v) is 34.8. The highest BCUT2D eigenvalue weighted by molar-refractivity contribution is 7.89. The molecule has 2 aliphatic rings. The normalized spacial score (nSPS) is 18.2. The SMILES string of the molecule is CCCS(=O)(=O)NC[C@@H](C[C@H](O)[C@H](CC1CCCCC1)NC(=O)[C@H](Cc1cnc[nH]1)NC(=O)C(CC(=O)N1CCOCC1)Cc1cccc2ccccc12)C(C)C. The van der Waals surface area contributed by atoms with Crippen LogP contribution in [0.15, 0.2) is 55.0 Å². The molecule has 0 radical (unpaired) electrons. The third kappa shape index (κ3) is 13.6. The van der Waals surface area contributed by atoms with Crippen molar-refractivity contribution in [1.29, 1.82) is 0 Å². The van der Waals surface area contributed by atoms with Crippen LogP contribution in [0.4, 0.5) is 0 Å². The molecular formula is C43H64N6O7S. The lowest BCUT2D eigenvalue weighted by molar-refractivity contribution is -0.140. The summed E-state index contributed by atoms with van der Waals surface area (Å²) in [5.41, 5.74) is 1.58. The van der Waals surface area contributed by atoms with E-state index in [1.165, 1.54) is 6.33 Å². The number of aliphatic hydroxyl groups excluding tert-OH is 1. The number of morpholine rings is 1. The molecule has 1 aliphatic carbocycles. The van der Waals surface area contributed by atoms with Crippen molar-refractivity contribution in [2.75, 3.05) is 38.6 Å². The molecule has 14 heteroatoms. The second kappa shape index (κ2) is 21.8. The Labute approximate surface area is 338 Å². The van der Waals surface area contributed by atoms with Gasteiger partial charge in [0, 0.05) is 44.4 Å². The molecule has 1 unspecified atom stereocenters.